The molecule has 0 aromatic rings. The zero-order valence-electron chi connectivity index (χ0n) is 13.1. The van der Waals surface area contributed by atoms with Crippen LogP contribution in [0.25, 0.3) is 0 Å². The van der Waals surface area contributed by atoms with Gasteiger partial charge in [0.1, 0.15) is 0 Å². The van der Waals surface area contributed by atoms with E-state index in [2.05, 4.69) is 20.8 Å². The molecule has 1 amide bonds. The van der Waals surface area contributed by atoms with Crippen LogP contribution in [-0.4, -0.2) is 53.9 Å². The average Bonchev–Trinajstić information content (AvgIpc) is 2.39. The topological polar surface area (TPSA) is 42.0 Å². The number of carbonyl (C=O) groups is 1. The Morgan fingerprint density at radius 2 is 1.75 bits per heavy atom. The predicted molar refractivity (Wildman–Crippen MR) is 77.3 cm³/mol. The van der Waals surface area contributed by atoms with Gasteiger partial charge in [-0.05, 0) is 33.6 Å². The van der Waals surface area contributed by atoms with Crippen molar-refractivity contribution < 1.29 is 14.4 Å². The van der Waals surface area contributed by atoms with E-state index in [0.717, 1.165) is 12.8 Å². The third-order valence-corrected chi connectivity index (χ3v) is 4.04. The molecule has 0 bridgehead atoms. The SMILES string of the molecule is CC(C)(C)N(C(=O)ON1CCOCC1)C1CCCCC1. The average molecular weight is 284 g/mol. The lowest BCUT2D eigenvalue weighted by molar-refractivity contribution is -0.161. The van der Waals surface area contributed by atoms with Gasteiger partial charge in [0.15, 0.2) is 0 Å². The maximum atomic E-state index is 12.6. The number of hydrogen-bond donors (Lipinski definition) is 0. The number of amides is 1. The minimum atomic E-state index is -0.203. The Hall–Kier alpha value is -0.810. The number of hydroxylamine groups is 2. The van der Waals surface area contributed by atoms with Crippen molar-refractivity contribution in [2.24, 2.45) is 0 Å². The van der Waals surface area contributed by atoms with Crippen LogP contribution < -0.4 is 0 Å². The Morgan fingerprint density at radius 1 is 1.15 bits per heavy atom. The summed E-state index contributed by atoms with van der Waals surface area (Å²) in [6.07, 6.45) is 5.69. The number of hydrogen-bond acceptors (Lipinski definition) is 4. The van der Waals surface area contributed by atoms with Crippen LogP contribution in [0, 0.1) is 0 Å². The first-order chi connectivity index (χ1) is 9.48. The molecule has 0 spiro atoms. The molecule has 1 heterocycles. The molecule has 2 fully saturated rings. The van der Waals surface area contributed by atoms with Gasteiger partial charge in [-0.15, -0.1) is 5.06 Å². The number of rotatable bonds is 2. The summed E-state index contributed by atoms with van der Waals surface area (Å²) in [5.41, 5.74) is -0.203. The first-order valence-corrected chi connectivity index (χ1v) is 7.82. The monoisotopic (exact) mass is 284 g/mol. The van der Waals surface area contributed by atoms with Crippen molar-refractivity contribution in [3.8, 4) is 0 Å². The Bertz CT molecular complexity index is 316. The molecule has 0 atom stereocenters. The van der Waals surface area contributed by atoms with Gasteiger partial charge in [-0.1, -0.05) is 19.3 Å². The number of carbonyl (C=O) groups excluding carboxylic acids is 1. The van der Waals surface area contributed by atoms with E-state index >= 15 is 0 Å². The lowest BCUT2D eigenvalue weighted by Gasteiger charge is -2.43. The van der Waals surface area contributed by atoms with Gasteiger partial charge in [-0.3, -0.25) is 4.90 Å². The van der Waals surface area contributed by atoms with Crippen LogP contribution in [0.2, 0.25) is 0 Å². The summed E-state index contributed by atoms with van der Waals surface area (Å²) in [7, 11) is 0. The summed E-state index contributed by atoms with van der Waals surface area (Å²) in [6.45, 7) is 8.84. The number of morpholine rings is 1. The van der Waals surface area contributed by atoms with E-state index in [-0.39, 0.29) is 11.6 Å². The van der Waals surface area contributed by atoms with Gasteiger partial charge in [0.25, 0.3) is 0 Å². The van der Waals surface area contributed by atoms with E-state index in [0.29, 0.717) is 32.3 Å². The molecule has 1 aliphatic heterocycles. The molecule has 1 saturated carbocycles. The normalized spacial score (nSPS) is 22.6. The molecular formula is C15H28N2O3. The summed E-state index contributed by atoms with van der Waals surface area (Å²) in [5, 5.41) is 1.73. The van der Waals surface area contributed by atoms with Gasteiger partial charge >= 0.3 is 6.09 Å². The molecule has 20 heavy (non-hydrogen) atoms. The van der Waals surface area contributed by atoms with Crippen molar-refractivity contribution in [2.75, 3.05) is 26.3 Å². The second-order valence-electron chi connectivity index (χ2n) is 6.73. The molecule has 5 nitrogen and oxygen atoms in total. The standard InChI is InChI=1S/C15H28N2O3/c1-15(2,3)17(13-7-5-4-6-8-13)14(18)20-16-9-11-19-12-10-16/h13H,4-12H2,1-3H3. The van der Waals surface area contributed by atoms with Crippen molar-refractivity contribution in [2.45, 2.75) is 64.5 Å². The van der Waals surface area contributed by atoms with Crippen LogP contribution in [0.5, 0.6) is 0 Å². The molecule has 116 valence electrons. The Labute approximate surface area is 122 Å². The molecule has 0 aromatic heterocycles. The highest BCUT2D eigenvalue weighted by atomic mass is 16.7. The maximum absolute atomic E-state index is 12.6. The molecular weight excluding hydrogens is 256 g/mol. The smallest absolute Gasteiger partial charge is 0.379 e. The zero-order valence-corrected chi connectivity index (χ0v) is 13.1. The molecule has 0 unspecified atom stereocenters. The predicted octanol–water partition coefficient (Wildman–Crippen LogP) is 2.80. The van der Waals surface area contributed by atoms with E-state index in [1.54, 1.807) is 5.06 Å². The molecule has 2 rings (SSSR count). The first-order valence-electron chi connectivity index (χ1n) is 7.82. The Kier molecular flexibility index (Phi) is 5.27. The lowest BCUT2D eigenvalue weighted by Crippen LogP contribution is -2.54. The molecule has 0 N–H and O–H groups in total. The van der Waals surface area contributed by atoms with Crippen molar-refractivity contribution in [1.29, 1.82) is 0 Å². The van der Waals surface area contributed by atoms with Gasteiger partial charge < -0.3 is 9.57 Å². The summed E-state index contributed by atoms with van der Waals surface area (Å²) >= 11 is 0. The van der Waals surface area contributed by atoms with Crippen molar-refractivity contribution in [1.82, 2.24) is 9.96 Å². The van der Waals surface area contributed by atoms with E-state index in [1.807, 2.05) is 4.90 Å². The van der Waals surface area contributed by atoms with Gasteiger partial charge in [0.05, 0.1) is 26.3 Å². The van der Waals surface area contributed by atoms with Crippen LogP contribution in [0.3, 0.4) is 0 Å². The largest absolute Gasteiger partial charge is 0.429 e. The molecule has 0 aromatic carbocycles. The van der Waals surface area contributed by atoms with E-state index in [4.69, 9.17) is 9.57 Å². The van der Waals surface area contributed by atoms with Crippen LogP contribution in [-0.2, 0) is 9.57 Å². The molecule has 2 aliphatic rings. The van der Waals surface area contributed by atoms with E-state index < -0.39 is 0 Å². The molecule has 1 saturated heterocycles. The maximum Gasteiger partial charge on any atom is 0.429 e. The highest BCUT2D eigenvalue weighted by molar-refractivity contribution is 5.68. The summed E-state index contributed by atoms with van der Waals surface area (Å²) < 4.78 is 5.28. The first kappa shape index (κ1) is 15.6. The van der Waals surface area contributed by atoms with Crippen molar-refractivity contribution >= 4 is 6.09 Å². The lowest BCUT2D eigenvalue weighted by atomic mass is 9.91. The highest BCUT2D eigenvalue weighted by Gasteiger charge is 2.36. The van der Waals surface area contributed by atoms with E-state index in [9.17, 15) is 4.79 Å². The van der Waals surface area contributed by atoms with Gasteiger partial charge in [0, 0.05) is 11.6 Å². The summed E-state index contributed by atoms with van der Waals surface area (Å²) in [4.78, 5) is 20.1. The molecule has 5 heteroatoms. The minimum absolute atomic E-state index is 0.202. The van der Waals surface area contributed by atoms with Crippen LogP contribution in [0.15, 0.2) is 0 Å². The minimum Gasteiger partial charge on any atom is -0.379 e. The van der Waals surface area contributed by atoms with Crippen LogP contribution in [0.4, 0.5) is 4.79 Å². The fourth-order valence-electron chi connectivity index (χ4n) is 3.10. The quantitative estimate of drug-likeness (QED) is 0.782. The second kappa shape index (κ2) is 6.76. The zero-order chi connectivity index (χ0) is 14.6. The summed E-state index contributed by atoms with van der Waals surface area (Å²) in [6, 6.07) is 0.317. The number of ether oxygens (including phenoxy) is 1. The fraction of sp³-hybridized carbons (Fsp3) is 0.933. The van der Waals surface area contributed by atoms with Crippen LogP contribution in [0.1, 0.15) is 52.9 Å². The van der Waals surface area contributed by atoms with Crippen LogP contribution >= 0.6 is 0 Å². The van der Waals surface area contributed by atoms with Crippen molar-refractivity contribution in [3.63, 3.8) is 0 Å². The third kappa shape index (κ3) is 4.09. The van der Waals surface area contributed by atoms with Crippen molar-refractivity contribution in [3.05, 3.63) is 0 Å². The van der Waals surface area contributed by atoms with Gasteiger partial charge in [0.2, 0.25) is 0 Å². The Morgan fingerprint density at radius 3 is 2.30 bits per heavy atom. The second-order valence-corrected chi connectivity index (χ2v) is 6.73. The highest BCUT2D eigenvalue weighted by Crippen LogP contribution is 2.29. The molecule has 1 aliphatic carbocycles. The van der Waals surface area contributed by atoms with Gasteiger partial charge in [-0.25, -0.2) is 4.79 Å². The number of nitrogens with zero attached hydrogens (tertiary/aromatic N) is 2. The fourth-order valence-corrected chi connectivity index (χ4v) is 3.10. The Balaban J connectivity index is 1.99. The van der Waals surface area contributed by atoms with E-state index in [1.165, 1.54) is 19.3 Å². The molecule has 0 radical (unpaired) electrons. The summed E-state index contributed by atoms with van der Waals surface area (Å²) in [5.74, 6) is 0. The third-order valence-electron chi connectivity index (χ3n) is 4.04. The van der Waals surface area contributed by atoms with Gasteiger partial charge in [-0.2, -0.15) is 0 Å².